The van der Waals surface area contributed by atoms with Gasteiger partial charge in [0.1, 0.15) is 0 Å². The minimum atomic E-state index is -0.325. The van der Waals surface area contributed by atoms with Gasteiger partial charge in [-0.2, -0.15) is 0 Å². The highest BCUT2D eigenvalue weighted by molar-refractivity contribution is 5.89. The van der Waals surface area contributed by atoms with Crippen LogP contribution in [0, 0.1) is 0 Å². The lowest BCUT2D eigenvalue weighted by Gasteiger charge is -2.01. The maximum absolute atomic E-state index is 11.6. The fourth-order valence-corrected chi connectivity index (χ4v) is 1.77. The molecule has 0 saturated carbocycles. The van der Waals surface area contributed by atoms with E-state index in [9.17, 15) is 4.79 Å². The summed E-state index contributed by atoms with van der Waals surface area (Å²) in [5.74, 6) is 1.24. The van der Waals surface area contributed by atoms with Crippen LogP contribution in [0.2, 0.25) is 0 Å². The second kappa shape index (κ2) is 3.51. The number of aromatic nitrogens is 1. The molecular formula is C11H8N2O4. The third-order valence-corrected chi connectivity index (χ3v) is 2.56. The molecule has 86 valence electrons. The number of nitrogens with one attached hydrogen (secondary N) is 1. The molecular weight excluding hydrogens is 224 g/mol. The summed E-state index contributed by atoms with van der Waals surface area (Å²) in [5, 5.41) is 12.1. The highest BCUT2D eigenvalue weighted by atomic mass is 16.7. The van der Waals surface area contributed by atoms with Crippen molar-refractivity contribution >= 4 is 17.1 Å². The number of hydrogen-bond acceptors (Lipinski definition) is 5. The summed E-state index contributed by atoms with van der Waals surface area (Å²) in [7, 11) is 0. The standard InChI is InChI=1S/C11H8N2O4/c14-11-7(4-12-15)1-6-2-9-10(17-5-16-9)3-8(6)13-11/h1-4,15H,5H2,(H,13,14)/b12-4+. The van der Waals surface area contributed by atoms with Crippen molar-refractivity contribution in [2.75, 3.05) is 6.79 Å². The maximum Gasteiger partial charge on any atom is 0.257 e. The van der Waals surface area contributed by atoms with Gasteiger partial charge in [0.25, 0.3) is 5.56 Å². The van der Waals surface area contributed by atoms with Crippen LogP contribution < -0.4 is 15.0 Å². The predicted octanol–water partition coefficient (Wildman–Crippen LogP) is 1.06. The molecule has 0 radical (unpaired) electrons. The number of fused-ring (bicyclic) bond motifs is 2. The van der Waals surface area contributed by atoms with Crippen molar-refractivity contribution in [1.29, 1.82) is 0 Å². The lowest BCUT2D eigenvalue weighted by Crippen LogP contribution is -2.11. The Morgan fingerprint density at radius 1 is 1.29 bits per heavy atom. The average Bonchev–Trinajstić information content (AvgIpc) is 2.74. The average molecular weight is 232 g/mol. The van der Waals surface area contributed by atoms with E-state index in [-0.39, 0.29) is 17.9 Å². The molecule has 1 aliphatic rings. The SMILES string of the molecule is O=c1[nH]c2cc3c(cc2cc1/C=N/O)OCO3. The summed E-state index contributed by atoms with van der Waals surface area (Å²) < 4.78 is 10.5. The molecule has 1 aromatic carbocycles. The van der Waals surface area contributed by atoms with Gasteiger partial charge in [-0.05, 0) is 12.1 Å². The summed E-state index contributed by atoms with van der Waals surface area (Å²) in [6.45, 7) is 0.181. The molecule has 0 saturated heterocycles. The quantitative estimate of drug-likeness (QED) is 0.437. The van der Waals surface area contributed by atoms with Crippen LogP contribution in [0.4, 0.5) is 0 Å². The molecule has 0 amide bonds. The first-order valence-corrected chi connectivity index (χ1v) is 4.92. The van der Waals surface area contributed by atoms with Gasteiger partial charge in [-0.25, -0.2) is 0 Å². The van der Waals surface area contributed by atoms with Crippen LogP contribution in [-0.4, -0.2) is 23.2 Å². The molecule has 0 atom stereocenters. The van der Waals surface area contributed by atoms with Crippen molar-refractivity contribution in [3.8, 4) is 11.5 Å². The van der Waals surface area contributed by atoms with Crippen LogP contribution in [0.15, 0.2) is 28.1 Å². The molecule has 6 nitrogen and oxygen atoms in total. The Kier molecular flexibility index (Phi) is 2.01. The van der Waals surface area contributed by atoms with Crippen molar-refractivity contribution in [2.45, 2.75) is 0 Å². The second-order valence-electron chi connectivity index (χ2n) is 3.59. The van der Waals surface area contributed by atoms with E-state index in [0.717, 1.165) is 11.6 Å². The lowest BCUT2D eigenvalue weighted by molar-refractivity contribution is 0.174. The second-order valence-corrected chi connectivity index (χ2v) is 3.59. The number of rotatable bonds is 1. The number of oxime groups is 1. The summed E-state index contributed by atoms with van der Waals surface area (Å²) >= 11 is 0. The van der Waals surface area contributed by atoms with Gasteiger partial charge in [-0.15, -0.1) is 0 Å². The molecule has 0 fully saturated rings. The van der Waals surface area contributed by atoms with Gasteiger partial charge >= 0.3 is 0 Å². The maximum atomic E-state index is 11.6. The highest BCUT2D eigenvalue weighted by Gasteiger charge is 2.14. The molecule has 6 heteroatoms. The zero-order valence-corrected chi connectivity index (χ0v) is 8.64. The molecule has 0 bridgehead atoms. The smallest absolute Gasteiger partial charge is 0.257 e. The monoisotopic (exact) mass is 232 g/mol. The van der Waals surface area contributed by atoms with Crippen molar-refractivity contribution in [3.63, 3.8) is 0 Å². The molecule has 3 rings (SSSR count). The Bertz CT molecular complexity index is 675. The summed E-state index contributed by atoms with van der Waals surface area (Å²) in [4.78, 5) is 14.3. The molecule has 0 spiro atoms. The lowest BCUT2D eigenvalue weighted by atomic mass is 10.1. The number of H-pyrrole nitrogens is 1. The van der Waals surface area contributed by atoms with Crippen molar-refractivity contribution < 1.29 is 14.7 Å². The van der Waals surface area contributed by atoms with E-state index in [2.05, 4.69) is 10.1 Å². The first-order chi connectivity index (χ1) is 8.28. The van der Waals surface area contributed by atoms with E-state index in [1.165, 1.54) is 0 Å². The Morgan fingerprint density at radius 2 is 2.06 bits per heavy atom. The molecule has 0 unspecified atom stereocenters. The number of ether oxygens (including phenoxy) is 2. The normalized spacial score (nSPS) is 13.6. The van der Waals surface area contributed by atoms with Gasteiger partial charge in [-0.3, -0.25) is 4.79 Å². The zero-order chi connectivity index (χ0) is 11.8. The minimum Gasteiger partial charge on any atom is -0.454 e. The van der Waals surface area contributed by atoms with Crippen LogP contribution in [-0.2, 0) is 0 Å². The van der Waals surface area contributed by atoms with E-state index in [4.69, 9.17) is 14.7 Å². The van der Waals surface area contributed by atoms with E-state index in [1.54, 1.807) is 18.2 Å². The Morgan fingerprint density at radius 3 is 2.82 bits per heavy atom. The van der Waals surface area contributed by atoms with Crippen LogP contribution in [0.3, 0.4) is 0 Å². The van der Waals surface area contributed by atoms with Gasteiger partial charge in [0.05, 0.1) is 17.3 Å². The summed E-state index contributed by atoms with van der Waals surface area (Å²) in [5.41, 5.74) is 0.599. The Labute approximate surface area is 95.1 Å². The Balaban J connectivity index is 2.29. The molecule has 17 heavy (non-hydrogen) atoms. The third kappa shape index (κ3) is 1.50. The van der Waals surface area contributed by atoms with Crippen LogP contribution in [0.5, 0.6) is 11.5 Å². The number of pyridine rings is 1. The topological polar surface area (TPSA) is 83.9 Å². The number of nitrogens with zero attached hydrogens (tertiary/aromatic N) is 1. The van der Waals surface area contributed by atoms with E-state index in [0.29, 0.717) is 17.0 Å². The van der Waals surface area contributed by atoms with Gasteiger partial charge in [0.2, 0.25) is 6.79 Å². The fourth-order valence-electron chi connectivity index (χ4n) is 1.77. The number of benzene rings is 1. The first-order valence-electron chi connectivity index (χ1n) is 4.92. The van der Waals surface area contributed by atoms with Crippen LogP contribution in [0.1, 0.15) is 5.56 Å². The van der Waals surface area contributed by atoms with Gasteiger partial charge < -0.3 is 19.7 Å². The van der Waals surface area contributed by atoms with E-state index >= 15 is 0 Å². The fraction of sp³-hybridized carbons (Fsp3) is 0.0909. The number of hydrogen-bond donors (Lipinski definition) is 2. The van der Waals surface area contributed by atoms with Crippen LogP contribution >= 0.6 is 0 Å². The van der Waals surface area contributed by atoms with E-state index < -0.39 is 0 Å². The molecule has 2 N–H and O–H groups in total. The first kappa shape index (κ1) is 9.71. The zero-order valence-electron chi connectivity index (χ0n) is 8.64. The van der Waals surface area contributed by atoms with Crippen LogP contribution in [0.25, 0.3) is 10.9 Å². The van der Waals surface area contributed by atoms with Gasteiger partial charge in [0, 0.05) is 11.5 Å². The molecule has 1 aromatic heterocycles. The molecule has 2 heterocycles. The number of aromatic amines is 1. The van der Waals surface area contributed by atoms with E-state index in [1.807, 2.05) is 0 Å². The van der Waals surface area contributed by atoms with Crippen molar-refractivity contribution in [2.24, 2.45) is 5.16 Å². The Hall–Kier alpha value is -2.50. The van der Waals surface area contributed by atoms with Gasteiger partial charge in [-0.1, -0.05) is 5.16 Å². The summed E-state index contributed by atoms with van der Waals surface area (Å²) in [6.07, 6.45) is 1.09. The van der Waals surface area contributed by atoms with Crippen molar-refractivity contribution in [1.82, 2.24) is 4.98 Å². The third-order valence-electron chi connectivity index (χ3n) is 2.56. The minimum absolute atomic E-state index is 0.181. The molecule has 0 aliphatic carbocycles. The highest BCUT2D eigenvalue weighted by Crippen LogP contribution is 2.35. The van der Waals surface area contributed by atoms with Gasteiger partial charge in [0.15, 0.2) is 11.5 Å². The van der Waals surface area contributed by atoms with Crippen molar-refractivity contribution in [3.05, 3.63) is 34.1 Å². The predicted molar refractivity (Wildman–Crippen MR) is 60.1 cm³/mol. The molecule has 2 aromatic rings. The summed E-state index contributed by atoms with van der Waals surface area (Å²) in [6, 6.07) is 5.09. The largest absolute Gasteiger partial charge is 0.454 e. The molecule has 1 aliphatic heterocycles.